The highest BCUT2D eigenvalue weighted by molar-refractivity contribution is 6.16. The summed E-state index contributed by atoms with van der Waals surface area (Å²) < 4.78 is 0. The van der Waals surface area contributed by atoms with Gasteiger partial charge in [-0.05, 0) is 12.5 Å². The molecule has 3 rings (SSSR count). The van der Waals surface area contributed by atoms with Crippen LogP contribution < -0.4 is 0 Å². The average Bonchev–Trinajstić information content (AvgIpc) is 2.77. The Morgan fingerprint density at radius 2 is 1.25 bits per heavy atom. The monoisotopic (exact) mass is 372 g/mol. The molecule has 4 heteroatoms. The fourth-order valence-corrected chi connectivity index (χ4v) is 2.98. The molecule has 2 atom stereocenters. The fourth-order valence-electron chi connectivity index (χ4n) is 2.98. The van der Waals surface area contributed by atoms with Crippen molar-refractivity contribution in [3.63, 3.8) is 0 Å². The number of amides is 2. The van der Waals surface area contributed by atoms with Gasteiger partial charge in [-0.2, -0.15) is 4.99 Å². The first-order valence-electron chi connectivity index (χ1n) is 9.27. The van der Waals surface area contributed by atoms with E-state index in [2.05, 4.69) is 4.99 Å². The molecule has 0 saturated heterocycles. The predicted molar refractivity (Wildman–Crippen MR) is 113 cm³/mol. The number of urea groups is 1. The third kappa shape index (κ3) is 4.53. The number of nitrogens with zero attached hydrogens (tertiary/aromatic N) is 2. The summed E-state index contributed by atoms with van der Waals surface area (Å²) in [5.74, 6) is 0. The first-order valence-corrected chi connectivity index (χ1v) is 9.27. The molecule has 0 fully saturated rings. The molecule has 0 aliphatic carbocycles. The van der Waals surface area contributed by atoms with Gasteiger partial charge in [-0.15, -0.1) is 0 Å². The molecule has 4 nitrogen and oxygen atoms in total. The SMILES string of the molecule is C[C@H]([C@@H](O)c1ccccc1)N(C)C(=O)N=C(c1ccccc1)c1ccccc1. The van der Waals surface area contributed by atoms with Crippen molar-refractivity contribution < 1.29 is 9.90 Å². The van der Waals surface area contributed by atoms with Gasteiger partial charge in [0.2, 0.25) is 0 Å². The van der Waals surface area contributed by atoms with Gasteiger partial charge in [-0.3, -0.25) is 0 Å². The summed E-state index contributed by atoms with van der Waals surface area (Å²) in [4.78, 5) is 18.8. The van der Waals surface area contributed by atoms with Crippen LogP contribution in [-0.2, 0) is 0 Å². The van der Waals surface area contributed by atoms with E-state index >= 15 is 0 Å². The van der Waals surface area contributed by atoms with Gasteiger partial charge in [-0.25, -0.2) is 4.79 Å². The number of aliphatic hydroxyl groups excluding tert-OH is 1. The topological polar surface area (TPSA) is 52.9 Å². The molecule has 0 radical (unpaired) electrons. The third-order valence-electron chi connectivity index (χ3n) is 4.81. The molecule has 0 saturated carbocycles. The van der Waals surface area contributed by atoms with Crippen molar-refractivity contribution in [3.8, 4) is 0 Å². The smallest absolute Gasteiger partial charge is 0.344 e. The summed E-state index contributed by atoms with van der Waals surface area (Å²) in [6.07, 6.45) is -0.790. The number of carbonyl (C=O) groups excluding carboxylic acids is 1. The molecule has 0 aromatic heterocycles. The molecular weight excluding hydrogens is 348 g/mol. The Morgan fingerprint density at radius 1 is 0.821 bits per heavy atom. The first kappa shape index (κ1) is 19.5. The minimum atomic E-state index is -0.790. The Balaban J connectivity index is 1.88. The molecule has 2 amide bonds. The van der Waals surface area contributed by atoms with Gasteiger partial charge < -0.3 is 10.0 Å². The maximum Gasteiger partial charge on any atom is 0.344 e. The van der Waals surface area contributed by atoms with Crippen LogP contribution in [0.4, 0.5) is 4.79 Å². The van der Waals surface area contributed by atoms with E-state index in [1.165, 1.54) is 4.90 Å². The van der Waals surface area contributed by atoms with Gasteiger partial charge in [0.05, 0.1) is 17.9 Å². The molecule has 0 heterocycles. The molecule has 0 spiro atoms. The van der Waals surface area contributed by atoms with Crippen LogP contribution in [0.1, 0.15) is 29.7 Å². The Kier molecular flexibility index (Phi) is 6.35. The van der Waals surface area contributed by atoms with Crippen LogP contribution in [0.15, 0.2) is 96.0 Å². The van der Waals surface area contributed by atoms with E-state index < -0.39 is 18.2 Å². The quantitative estimate of drug-likeness (QED) is 0.660. The molecule has 0 aliphatic rings. The van der Waals surface area contributed by atoms with Crippen LogP contribution in [0.5, 0.6) is 0 Å². The molecule has 0 unspecified atom stereocenters. The molecule has 3 aromatic carbocycles. The summed E-state index contributed by atoms with van der Waals surface area (Å²) in [6, 6.07) is 27.8. The van der Waals surface area contributed by atoms with E-state index in [1.807, 2.05) is 97.9 Å². The maximum atomic E-state index is 12.9. The lowest BCUT2D eigenvalue weighted by Gasteiger charge is -2.28. The number of carbonyl (C=O) groups is 1. The number of rotatable bonds is 5. The van der Waals surface area contributed by atoms with Gasteiger partial charge in [0.1, 0.15) is 0 Å². The van der Waals surface area contributed by atoms with E-state index in [4.69, 9.17) is 0 Å². The highest BCUT2D eigenvalue weighted by Crippen LogP contribution is 2.21. The summed E-state index contributed by atoms with van der Waals surface area (Å²) in [5, 5.41) is 10.6. The number of hydrogen-bond acceptors (Lipinski definition) is 2. The Labute approximate surface area is 165 Å². The first-order chi connectivity index (χ1) is 13.6. The van der Waals surface area contributed by atoms with Gasteiger partial charge in [-0.1, -0.05) is 91.0 Å². The molecule has 0 aliphatic heterocycles. The normalized spacial score (nSPS) is 12.7. The Hall–Kier alpha value is -3.24. The number of likely N-dealkylation sites (N-methyl/N-ethyl adjacent to an activating group) is 1. The zero-order valence-electron chi connectivity index (χ0n) is 16.1. The van der Waals surface area contributed by atoms with Crippen LogP contribution in [0.3, 0.4) is 0 Å². The van der Waals surface area contributed by atoms with Crippen molar-refractivity contribution in [2.24, 2.45) is 4.99 Å². The van der Waals surface area contributed by atoms with Crippen molar-refractivity contribution in [2.45, 2.75) is 19.1 Å². The van der Waals surface area contributed by atoms with Crippen LogP contribution in [0.25, 0.3) is 0 Å². The second kappa shape index (κ2) is 9.11. The number of aliphatic imine (C=N–C) groups is 1. The maximum absolute atomic E-state index is 12.9. The number of aliphatic hydroxyl groups is 1. The molecule has 142 valence electrons. The molecule has 0 bridgehead atoms. The predicted octanol–water partition coefficient (Wildman–Crippen LogP) is 4.70. The van der Waals surface area contributed by atoms with E-state index in [1.54, 1.807) is 7.05 Å². The standard InChI is InChI=1S/C24H24N2O2/c1-18(23(27)21-16-10-5-11-17-21)26(2)24(28)25-22(19-12-6-3-7-13-19)20-14-8-4-9-15-20/h3-18,23,27H,1-2H3/t18-,23-/m1/s1. The minimum absolute atomic E-state index is 0.398. The molecule has 1 N–H and O–H groups in total. The summed E-state index contributed by atoms with van der Waals surface area (Å²) in [6.45, 7) is 1.82. The van der Waals surface area contributed by atoms with E-state index in [9.17, 15) is 9.90 Å². The van der Waals surface area contributed by atoms with Crippen LogP contribution in [-0.4, -0.2) is 34.8 Å². The number of benzene rings is 3. The lowest BCUT2D eigenvalue weighted by atomic mass is 10.0. The van der Waals surface area contributed by atoms with Gasteiger partial charge >= 0.3 is 6.03 Å². The minimum Gasteiger partial charge on any atom is -0.386 e. The van der Waals surface area contributed by atoms with Crippen molar-refractivity contribution in [1.29, 1.82) is 0 Å². The number of hydrogen-bond donors (Lipinski definition) is 1. The van der Waals surface area contributed by atoms with Gasteiger partial charge in [0.25, 0.3) is 0 Å². The third-order valence-corrected chi connectivity index (χ3v) is 4.81. The summed E-state index contributed by atoms with van der Waals surface area (Å²) >= 11 is 0. The summed E-state index contributed by atoms with van der Waals surface area (Å²) in [5.41, 5.74) is 3.11. The van der Waals surface area contributed by atoms with E-state index in [0.717, 1.165) is 16.7 Å². The highest BCUT2D eigenvalue weighted by atomic mass is 16.3. The molecular formula is C24H24N2O2. The fraction of sp³-hybridized carbons (Fsp3) is 0.167. The zero-order valence-corrected chi connectivity index (χ0v) is 16.1. The van der Waals surface area contributed by atoms with E-state index in [-0.39, 0.29) is 0 Å². The van der Waals surface area contributed by atoms with Crippen molar-refractivity contribution in [3.05, 3.63) is 108 Å². The second-order valence-electron chi connectivity index (χ2n) is 6.68. The second-order valence-corrected chi connectivity index (χ2v) is 6.68. The van der Waals surface area contributed by atoms with Crippen molar-refractivity contribution in [1.82, 2.24) is 4.90 Å². The Morgan fingerprint density at radius 3 is 1.71 bits per heavy atom. The largest absolute Gasteiger partial charge is 0.386 e. The van der Waals surface area contributed by atoms with Crippen molar-refractivity contribution in [2.75, 3.05) is 7.05 Å². The zero-order chi connectivity index (χ0) is 19.9. The Bertz CT molecular complexity index is 883. The molecule has 3 aromatic rings. The van der Waals surface area contributed by atoms with Crippen LogP contribution >= 0.6 is 0 Å². The average molecular weight is 372 g/mol. The van der Waals surface area contributed by atoms with Crippen molar-refractivity contribution >= 4 is 11.7 Å². The lowest BCUT2D eigenvalue weighted by Crippen LogP contribution is -2.38. The van der Waals surface area contributed by atoms with Gasteiger partial charge in [0.15, 0.2) is 0 Å². The van der Waals surface area contributed by atoms with Crippen LogP contribution in [0.2, 0.25) is 0 Å². The van der Waals surface area contributed by atoms with Crippen LogP contribution in [0, 0.1) is 0 Å². The van der Waals surface area contributed by atoms with Gasteiger partial charge in [0, 0.05) is 18.2 Å². The summed E-state index contributed by atoms with van der Waals surface area (Å²) in [7, 11) is 1.66. The highest BCUT2D eigenvalue weighted by Gasteiger charge is 2.24. The lowest BCUT2D eigenvalue weighted by molar-refractivity contribution is 0.0883. The molecule has 28 heavy (non-hydrogen) atoms. The van der Waals surface area contributed by atoms with E-state index in [0.29, 0.717) is 5.71 Å².